The number of nitrogens with two attached hydrogens (primary N) is 1. The normalized spacial score (nSPS) is 17.9. The monoisotopic (exact) mass is 269 g/mol. The number of aryl methyl sites for hydroxylation is 2. The lowest BCUT2D eigenvalue weighted by atomic mass is 9.86. The van der Waals surface area contributed by atoms with Crippen molar-refractivity contribution in [2.75, 3.05) is 0 Å². The number of hydrogen-bond donors (Lipinski definition) is 1. The zero-order valence-electron chi connectivity index (χ0n) is 12.3. The summed E-state index contributed by atoms with van der Waals surface area (Å²) in [4.78, 5) is 0. The van der Waals surface area contributed by atoms with Gasteiger partial charge in [0.2, 0.25) is 0 Å². The van der Waals surface area contributed by atoms with Crippen LogP contribution in [0.3, 0.4) is 0 Å². The fraction of sp³-hybridized carbons (Fsp3) is 0.471. The molecule has 1 saturated carbocycles. The summed E-state index contributed by atoms with van der Waals surface area (Å²) in [6, 6.07) is 13.1. The van der Waals surface area contributed by atoms with Crippen molar-refractivity contribution in [1.82, 2.24) is 9.78 Å². The Morgan fingerprint density at radius 3 is 2.60 bits per heavy atom. The second-order valence-corrected chi connectivity index (χ2v) is 5.93. The summed E-state index contributed by atoms with van der Waals surface area (Å²) < 4.78 is 2.08. The molecule has 1 fully saturated rings. The quantitative estimate of drug-likeness (QED) is 0.907. The third-order valence-corrected chi connectivity index (χ3v) is 4.56. The molecule has 0 bridgehead atoms. The largest absolute Gasteiger partial charge is 0.327 e. The van der Waals surface area contributed by atoms with E-state index in [1.165, 1.54) is 24.1 Å². The molecule has 3 nitrogen and oxygen atoms in total. The van der Waals surface area contributed by atoms with Gasteiger partial charge in [0.25, 0.3) is 0 Å². The highest BCUT2D eigenvalue weighted by Crippen LogP contribution is 2.50. The molecule has 2 aromatic rings. The highest BCUT2D eigenvalue weighted by molar-refractivity contribution is 5.34. The Hall–Kier alpha value is -1.61. The van der Waals surface area contributed by atoms with E-state index in [0.717, 1.165) is 18.7 Å². The van der Waals surface area contributed by atoms with E-state index in [-0.39, 0.29) is 11.5 Å². The smallest absolute Gasteiger partial charge is 0.0596 e. The maximum Gasteiger partial charge on any atom is 0.0596 e. The van der Waals surface area contributed by atoms with Gasteiger partial charge < -0.3 is 5.73 Å². The molecule has 1 aliphatic carbocycles. The van der Waals surface area contributed by atoms with Crippen LogP contribution in [-0.2, 0) is 18.4 Å². The number of aromatic nitrogens is 2. The lowest BCUT2D eigenvalue weighted by Crippen LogP contribution is -2.37. The van der Waals surface area contributed by atoms with E-state index in [1.54, 1.807) is 0 Å². The molecular formula is C17H23N3. The Bertz CT molecular complexity index is 582. The van der Waals surface area contributed by atoms with E-state index in [9.17, 15) is 0 Å². The third kappa shape index (κ3) is 2.27. The van der Waals surface area contributed by atoms with Gasteiger partial charge in [-0.15, -0.1) is 0 Å². The summed E-state index contributed by atoms with van der Waals surface area (Å²) in [5.41, 5.74) is 10.5. The molecule has 3 heteroatoms. The Balaban J connectivity index is 1.81. The SMILES string of the molecule is CCn1nc(C)cc1CC(N)C1(c2ccccc2)CC1. The van der Waals surface area contributed by atoms with Crippen LogP contribution in [0.15, 0.2) is 36.4 Å². The van der Waals surface area contributed by atoms with Gasteiger partial charge >= 0.3 is 0 Å². The van der Waals surface area contributed by atoms with Crippen molar-refractivity contribution in [1.29, 1.82) is 0 Å². The van der Waals surface area contributed by atoms with E-state index in [1.807, 2.05) is 6.92 Å². The van der Waals surface area contributed by atoms with Crippen molar-refractivity contribution in [2.45, 2.75) is 51.1 Å². The van der Waals surface area contributed by atoms with Crippen LogP contribution in [-0.4, -0.2) is 15.8 Å². The van der Waals surface area contributed by atoms with Crippen LogP contribution in [0, 0.1) is 6.92 Å². The fourth-order valence-electron chi connectivity index (χ4n) is 3.24. The minimum atomic E-state index is 0.172. The lowest BCUT2D eigenvalue weighted by molar-refractivity contribution is 0.490. The van der Waals surface area contributed by atoms with Crippen molar-refractivity contribution in [3.63, 3.8) is 0 Å². The first kappa shape index (κ1) is 13.4. The molecule has 1 aliphatic rings. The zero-order chi connectivity index (χ0) is 14.2. The topological polar surface area (TPSA) is 43.8 Å². The van der Waals surface area contributed by atoms with Crippen LogP contribution in [0.25, 0.3) is 0 Å². The summed E-state index contributed by atoms with van der Waals surface area (Å²) in [7, 11) is 0. The number of rotatable bonds is 5. The molecule has 2 N–H and O–H groups in total. The first-order valence-corrected chi connectivity index (χ1v) is 7.50. The van der Waals surface area contributed by atoms with Crippen molar-refractivity contribution in [3.05, 3.63) is 53.3 Å². The summed E-state index contributed by atoms with van der Waals surface area (Å²) in [6.45, 7) is 5.09. The molecule has 0 saturated heterocycles. The molecule has 0 aliphatic heterocycles. The number of benzene rings is 1. The zero-order valence-corrected chi connectivity index (χ0v) is 12.3. The molecule has 1 unspecified atom stereocenters. The molecule has 0 amide bonds. The third-order valence-electron chi connectivity index (χ3n) is 4.56. The van der Waals surface area contributed by atoms with Crippen LogP contribution < -0.4 is 5.73 Å². The summed E-state index contributed by atoms with van der Waals surface area (Å²) in [5.74, 6) is 0. The van der Waals surface area contributed by atoms with Crippen molar-refractivity contribution in [2.24, 2.45) is 5.73 Å². The van der Waals surface area contributed by atoms with Crippen LogP contribution in [0.1, 0.15) is 36.7 Å². The van der Waals surface area contributed by atoms with Crippen molar-refractivity contribution in [3.8, 4) is 0 Å². The van der Waals surface area contributed by atoms with Crippen LogP contribution >= 0.6 is 0 Å². The van der Waals surface area contributed by atoms with Gasteiger partial charge in [0.05, 0.1) is 5.69 Å². The van der Waals surface area contributed by atoms with E-state index >= 15 is 0 Å². The van der Waals surface area contributed by atoms with Gasteiger partial charge in [-0.2, -0.15) is 5.10 Å². The standard InChI is InChI=1S/C17H23N3/c1-3-20-15(11-13(2)19-20)12-16(18)17(9-10-17)14-7-5-4-6-8-14/h4-8,11,16H,3,9-10,12,18H2,1-2H3. The van der Waals surface area contributed by atoms with E-state index in [2.05, 4.69) is 53.1 Å². The molecular weight excluding hydrogens is 246 g/mol. The minimum absolute atomic E-state index is 0.172. The Morgan fingerprint density at radius 1 is 1.30 bits per heavy atom. The highest BCUT2D eigenvalue weighted by atomic mass is 15.3. The molecule has 106 valence electrons. The summed E-state index contributed by atoms with van der Waals surface area (Å²) >= 11 is 0. The first-order chi connectivity index (χ1) is 9.65. The van der Waals surface area contributed by atoms with Gasteiger partial charge in [0, 0.05) is 30.1 Å². The van der Waals surface area contributed by atoms with Crippen LogP contribution in [0.5, 0.6) is 0 Å². The Kier molecular flexibility index (Phi) is 3.38. The highest BCUT2D eigenvalue weighted by Gasteiger charge is 2.49. The molecule has 0 radical (unpaired) electrons. The molecule has 1 aromatic heterocycles. The van der Waals surface area contributed by atoms with Gasteiger partial charge in [-0.1, -0.05) is 30.3 Å². The number of hydrogen-bond acceptors (Lipinski definition) is 2. The second kappa shape index (κ2) is 5.06. The lowest BCUT2D eigenvalue weighted by Gasteiger charge is -2.24. The Morgan fingerprint density at radius 2 is 2.00 bits per heavy atom. The second-order valence-electron chi connectivity index (χ2n) is 5.93. The molecule has 3 rings (SSSR count). The Labute approximate surface area is 120 Å². The molecule has 0 spiro atoms. The molecule has 1 atom stereocenters. The van der Waals surface area contributed by atoms with Crippen molar-refractivity contribution < 1.29 is 0 Å². The number of nitrogens with zero attached hydrogens (tertiary/aromatic N) is 2. The van der Waals surface area contributed by atoms with Gasteiger partial charge in [-0.3, -0.25) is 4.68 Å². The molecule has 1 aromatic carbocycles. The maximum atomic E-state index is 6.57. The maximum absolute atomic E-state index is 6.57. The van der Waals surface area contributed by atoms with Crippen LogP contribution in [0.4, 0.5) is 0 Å². The van der Waals surface area contributed by atoms with E-state index < -0.39 is 0 Å². The fourth-order valence-corrected chi connectivity index (χ4v) is 3.24. The van der Waals surface area contributed by atoms with E-state index in [0.29, 0.717) is 0 Å². The predicted octanol–water partition coefficient (Wildman–Crippen LogP) is 2.81. The van der Waals surface area contributed by atoms with E-state index in [4.69, 9.17) is 5.73 Å². The van der Waals surface area contributed by atoms with Gasteiger partial charge in [-0.25, -0.2) is 0 Å². The summed E-state index contributed by atoms with van der Waals surface area (Å²) in [6.07, 6.45) is 3.32. The first-order valence-electron chi connectivity index (χ1n) is 7.50. The average molecular weight is 269 g/mol. The van der Waals surface area contributed by atoms with Crippen LogP contribution in [0.2, 0.25) is 0 Å². The van der Waals surface area contributed by atoms with Gasteiger partial charge in [-0.05, 0) is 38.3 Å². The molecule has 1 heterocycles. The summed E-state index contributed by atoms with van der Waals surface area (Å²) in [5, 5.41) is 4.52. The average Bonchev–Trinajstić information content (AvgIpc) is 3.20. The minimum Gasteiger partial charge on any atom is -0.327 e. The molecule has 20 heavy (non-hydrogen) atoms. The van der Waals surface area contributed by atoms with Crippen molar-refractivity contribution >= 4 is 0 Å². The predicted molar refractivity (Wildman–Crippen MR) is 81.7 cm³/mol. The van der Waals surface area contributed by atoms with Gasteiger partial charge in [0.1, 0.15) is 0 Å². The van der Waals surface area contributed by atoms with Gasteiger partial charge in [0.15, 0.2) is 0 Å².